The summed E-state index contributed by atoms with van der Waals surface area (Å²) < 4.78 is 59.2. The smallest absolute Gasteiger partial charge is 3.00 e. The van der Waals surface area contributed by atoms with Crippen LogP contribution in [0.3, 0.4) is 0 Å². The molecule has 2 aliphatic rings. The van der Waals surface area contributed by atoms with E-state index in [9.17, 15) is 25.2 Å². The molecule has 96 heavy (non-hydrogen) atoms. The molecule has 4 aromatic heterocycles. The molecular formula is C82H70F6IrN6P. The van der Waals surface area contributed by atoms with Crippen molar-refractivity contribution in [3.63, 3.8) is 0 Å². The number of benzene rings is 9. The van der Waals surface area contributed by atoms with Gasteiger partial charge in [0.2, 0.25) is 0 Å². The Morgan fingerprint density at radius 3 is 0.958 bits per heavy atom. The molecule has 0 N–H and O–H groups in total. The van der Waals surface area contributed by atoms with Crippen molar-refractivity contribution >= 4 is 63.7 Å². The Labute approximate surface area is 571 Å². The molecule has 0 saturated carbocycles. The van der Waals surface area contributed by atoms with Crippen molar-refractivity contribution in [3.8, 4) is 44.8 Å². The zero-order valence-electron chi connectivity index (χ0n) is 54.0. The number of halogens is 6. The van der Waals surface area contributed by atoms with Crippen molar-refractivity contribution in [1.29, 1.82) is 0 Å². The molecule has 9 aromatic carbocycles. The van der Waals surface area contributed by atoms with Crippen molar-refractivity contribution in [1.82, 2.24) is 19.9 Å². The van der Waals surface area contributed by atoms with E-state index >= 15 is 0 Å². The minimum absolute atomic E-state index is 0. The predicted molar refractivity (Wildman–Crippen MR) is 380 cm³/mol. The Morgan fingerprint density at radius 2 is 0.656 bits per heavy atom. The molecule has 0 spiro atoms. The van der Waals surface area contributed by atoms with Gasteiger partial charge in [0.1, 0.15) is 0 Å². The minimum atomic E-state index is -10.7. The summed E-state index contributed by atoms with van der Waals surface area (Å²) in [7, 11) is -10.7. The first kappa shape index (κ1) is 67.8. The van der Waals surface area contributed by atoms with E-state index in [0.717, 1.165) is 82.0 Å². The third-order valence-corrected chi connectivity index (χ3v) is 18.5. The Morgan fingerprint density at radius 1 is 0.344 bits per heavy atom. The first-order valence-corrected chi connectivity index (χ1v) is 34.0. The Hall–Kier alpha value is -9.64. The number of anilines is 6. The molecule has 0 unspecified atom stereocenters. The van der Waals surface area contributed by atoms with E-state index in [1.165, 1.54) is 77.8 Å². The second kappa shape index (κ2) is 27.2. The average molecular weight is 1480 g/mol. The Bertz CT molecular complexity index is 4470. The molecule has 484 valence electrons. The molecular weight excluding hydrogens is 1410 g/mol. The van der Waals surface area contributed by atoms with E-state index in [0.29, 0.717) is 0 Å². The van der Waals surface area contributed by atoms with Gasteiger partial charge in [0.15, 0.2) is 0 Å². The maximum atomic E-state index is 9.87. The summed E-state index contributed by atoms with van der Waals surface area (Å²) in [5.74, 6) is 0. The number of hydrogen-bond donors (Lipinski definition) is 0. The van der Waals surface area contributed by atoms with Crippen LogP contribution < -0.4 is 9.80 Å². The van der Waals surface area contributed by atoms with Crippen LogP contribution in [0.1, 0.15) is 86.8 Å². The summed E-state index contributed by atoms with van der Waals surface area (Å²) >= 11 is 0. The van der Waals surface area contributed by atoms with Crippen molar-refractivity contribution in [2.24, 2.45) is 0 Å². The number of rotatable bonds is 12. The average Bonchev–Trinajstić information content (AvgIpc) is 1.57. The molecule has 0 amide bonds. The second-order valence-electron chi connectivity index (χ2n) is 23.9. The van der Waals surface area contributed by atoms with Gasteiger partial charge in [0.25, 0.3) is 0 Å². The molecule has 0 fully saturated rings. The third-order valence-electron chi connectivity index (χ3n) is 18.5. The fourth-order valence-electron chi connectivity index (χ4n) is 13.8. The maximum absolute atomic E-state index is 10.7. The fraction of sp³-hybridized carbons (Fsp3) is 0.146. The summed E-state index contributed by atoms with van der Waals surface area (Å²) in [6, 6.07) is 93.0. The van der Waals surface area contributed by atoms with Crippen LogP contribution in [0, 0.1) is 26.0 Å². The van der Waals surface area contributed by atoms with Gasteiger partial charge in [-0.2, -0.15) is 0 Å². The van der Waals surface area contributed by atoms with Gasteiger partial charge in [0.05, 0.1) is 11.0 Å². The number of para-hydroxylation sites is 4. The first-order valence-electron chi connectivity index (χ1n) is 31.9. The number of aryl methyl sites for hydroxylation is 2. The summed E-state index contributed by atoms with van der Waals surface area (Å²) in [6.07, 6.45) is 11.6. The Balaban J connectivity index is 0.000000147. The van der Waals surface area contributed by atoms with Crippen molar-refractivity contribution in [2.45, 2.75) is 78.1 Å². The molecule has 0 bridgehead atoms. The molecule has 6 nitrogen and oxygen atoms in total. The van der Waals surface area contributed by atoms with Crippen molar-refractivity contribution in [3.05, 3.63) is 313 Å². The van der Waals surface area contributed by atoms with Crippen molar-refractivity contribution < 1.29 is 45.3 Å². The van der Waals surface area contributed by atoms with Crippen LogP contribution in [0.15, 0.2) is 267 Å². The van der Waals surface area contributed by atoms with Gasteiger partial charge in [-0.1, -0.05) is 171 Å². The van der Waals surface area contributed by atoms with Gasteiger partial charge >= 0.3 is 53.1 Å². The summed E-state index contributed by atoms with van der Waals surface area (Å²) in [4.78, 5) is 22.8. The van der Waals surface area contributed by atoms with Crippen molar-refractivity contribution in [2.75, 3.05) is 9.80 Å². The van der Waals surface area contributed by atoms with Crippen LogP contribution in [0.4, 0.5) is 59.3 Å². The van der Waals surface area contributed by atoms with Gasteiger partial charge in [-0.15, -0.1) is 58.7 Å². The van der Waals surface area contributed by atoms with E-state index in [-0.39, 0.29) is 30.9 Å². The number of fused-ring (bicyclic) bond motifs is 9. The molecule has 0 atom stereocenters. The normalized spacial score (nSPS) is 13.4. The zero-order valence-corrected chi connectivity index (χ0v) is 57.3. The van der Waals surface area contributed by atoms with Gasteiger partial charge < -0.3 is 19.8 Å². The van der Waals surface area contributed by atoms with E-state index in [1.54, 1.807) is 0 Å². The molecule has 15 rings (SSSR count). The fourth-order valence-corrected chi connectivity index (χ4v) is 13.8. The van der Waals surface area contributed by atoms with Crippen LogP contribution in [-0.4, -0.2) is 19.9 Å². The van der Waals surface area contributed by atoms with Crippen LogP contribution >= 0.6 is 7.81 Å². The number of aromatic nitrogens is 4. The minimum Gasteiger partial charge on any atom is 3.00 e. The summed E-state index contributed by atoms with van der Waals surface area (Å²) in [6.45, 7) is 13.5. The number of nitrogens with zero attached hydrogens (tertiary/aromatic N) is 6. The topological polar surface area (TPSA) is 58.0 Å². The maximum Gasteiger partial charge on any atom is 3.00 e. The summed E-state index contributed by atoms with van der Waals surface area (Å²) in [5, 5.41) is 2.38. The SMILES string of the molecule is CCC1(CC)c2cc(-c3ccccn3)[c-]cc2-c2ccc(N(c3ccccc3)c3ccccc3)cc21.CCC1(CC)c2cc(-c3ccccn3)[c-]cc2-c2ccc(N(c3ccccc3)c3ccccc3)cc21.Cc1ccnc2c1ccc1c(C)ccnc12.F[P-](F)(F)(F)(F)F.[Ir+3]. The predicted octanol–water partition coefficient (Wildman–Crippen LogP) is 25.0. The first-order chi connectivity index (χ1) is 45.7. The molecule has 2 aliphatic carbocycles. The molecule has 14 heteroatoms. The number of pyridine rings is 4. The van der Waals surface area contributed by atoms with Crippen LogP contribution in [0.25, 0.3) is 66.6 Å². The van der Waals surface area contributed by atoms with Gasteiger partial charge in [-0.05, 0) is 170 Å². The third kappa shape index (κ3) is 14.2. The van der Waals surface area contributed by atoms with E-state index < -0.39 is 7.81 Å². The van der Waals surface area contributed by atoms with Gasteiger partial charge in [0, 0.05) is 80.5 Å². The van der Waals surface area contributed by atoms with Crippen LogP contribution in [0.2, 0.25) is 0 Å². The molecule has 4 heterocycles. The molecule has 0 saturated heterocycles. The molecule has 0 radical (unpaired) electrons. The van der Waals surface area contributed by atoms with Gasteiger partial charge in [-0.25, -0.2) is 0 Å². The summed E-state index contributed by atoms with van der Waals surface area (Å²) in [5.41, 5.74) is 26.3. The molecule has 0 aliphatic heterocycles. The second-order valence-corrected chi connectivity index (χ2v) is 25.8. The van der Waals surface area contributed by atoms with Crippen LogP contribution in [-0.2, 0) is 30.9 Å². The van der Waals surface area contributed by atoms with E-state index in [2.05, 4.69) is 290 Å². The van der Waals surface area contributed by atoms with Gasteiger partial charge in [-0.3, -0.25) is 9.97 Å². The standard InChI is InChI=1S/2C34H29N2.C14H12N2.F6P.Ir/c2*1-3-34(4-2)31-23-25(33-17-11-12-22-35-33)18-20-29(31)30-21-19-28(24-32(30)34)36(26-13-7-5-8-14-26)27-15-9-6-10-16-27;1-9-5-7-15-13-11(9)3-4-12-10(2)6-8-16-14(12)13;1-7(2,3,4,5)6;/h2*5-17,19-24H,3-4H2,1-2H3;3-8H,1-2H3;;/q2*-1;;-1;+3. The number of hydrogen-bond acceptors (Lipinski definition) is 6. The van der Waals surface area contributed by atoms with E-state index in [4.69, 9.17) is 0 Å². The largest absolute Gasteiger partial charge is 3.00 e. The Kier molecular flexibility index (Phi) is 19.2. The quantitative estimate of drug-likeness (QED) is 0.0526. The zero-order chi connectivity index (χ0) is 66.6. The monoisotopic (exact) mass is 1480 g/mol. The van der Waals surface area contributed by atoms with E-state index in [1.807, 2.05) is 61.2 Å². The van der Waals surface area contributed by atoms with Crippen LogP contribution in [0.5, 0.6) is 0 Å². The molecule has 13 aromatic rings.